The molecule has 0 saturated carbocycles. The molecule has 0 aliphatic heterocycles. The topological polar surface area (TPSA) is 13.1 Å². The van der Waals surface area contributed by atoms with Crippen LogP contribution in [0.25, 0.3) is 43.8 Å². The molecule has 24 heavy (non-hydrogen) atoms. The van der Waals surface area contributed by atoms with Crippen molar-refractivity contribution in [1.82, 2.24) is 0 Å². The van der Waals surface area contributed by atoms with E-state index in [1.807, 2.05) is 30.3 Å². The Bertz CT molecular complexity index is 1220. The number of benzene rings is 4. The fourth-order valence-electron chi connectivity index (χ4n) is 3.41. The Hall–Kier alpha value is -2.77. The molecular formula is C22H13ClO. The van der Waals surface area contributed by atoms with E-state index in [4.69, 9.17) is 16.0 Å². The van der Waals surface area contributed by atoms with Crippen molar-refractivity contribution in [1.29, 1.82) is 0 Å². The summed E-state index contributed by atoms with van der Waals surface area (Å²) < 4.78 is 6.35. The highest BCUT2D eigenvalue weighted by molar-refractivity contribution is 6.31. The van der Waals surface area contributed by atoms with Gasteiger partial charge in [0, 0.05) is 26.7 Å². The minimum absolute atomic E-state index is 0.728. The van der Waals surface area contributed by atoms with E-state index < -0.39 is 0 Å². The van der Waals surface area contributed by atoms with Gasteiger partial charge in [-0.25, -0.2) is 0 Å². The van der Waals surface area contributed by atoms with Crippen molar-refractivity contribution in [2.75, 3.05) is 0 Å². The van der Waals surface area contributed by atoms with Crippen LogP contribution in [0, 0.1) is 0 Å². The third kappa shape index (κ3) is 1.95. The van der Waals surface area contributed by atoms with Gasteiger partial charge in [-0.1, -0.05) is 72.3 Å². The van der Waals surface area contributed by atoms with E-state index in [9.17, 15) is 0 Å². The minimum Gasteiger partial charge on any atom is -0.455 e. The molecule has 1 heterocycles. The summed E-state index contributed by atoms with van der Waals surface area (Å²) in [7, 11) is 0. The maximum Gasteiger partial charge on any atom is 0.143 e. The molecule has 0 fully saturated rings. The molecule has 1 nitrogen and oxygen atoms in total. The van der Waals surface area contributed by atoms with Gasteiger partial charge in [0.25, 0.3) is 0 Å². The zero-order chi connectivity index (χ0) is 16.1. The van der Waals surface area contributed by atoms with Crippen LogP contribution in [0.5, 0.6) is 0 Å². The lowest BCUT2D eigenvalue weighted by Gasteiger charge is -2.03. The smallest absolute Gasteiger partial charge is 0.143 e. The van der Waals surface area contributed by atoms with Gasteiger partial charge in [0.1, 0.15) is 11.2 Å². The Kier molecular flexibility index (Phi) is 2.91. The molecule has 4 aromatic carbocycles. The number of rotatable bonds is 1. The zero-order valence-corrected chi connectivity index (χ0v) is 13.5. The summed E-state index contributed by atoms with van der Waals surface area (Å²) in [6.07, 6.45) is 0. The summed E-state index contributed by atoms with van der Waals surface area (Å²) in [6.45, 7) is 0. The van der Waals surface area contributed by atoms with Gasteiger partial charge >= 0.3 is 0 Å². The Morgan fingerprint density at radius 1 is 0.625 bits per heavy atom. The molecule has 0 aliphatic rings. The second-order valence-corrected chi connectivity index (χ2v) is 6.39. The largest absolute Gasteiger partial charge is 0.455 e. The molecule has 1 aromatic heterocycles. The molecule has 0 spiro atoms. The molecule has 0 N–H and O–H groups in total. The SMILES string of the molecule is Clc1cccc(-c2cccc3c2oc2c4ccccc4ccc32)c1. The Labute approximate surface area is 144 Å². The van der Waals surface area contributed by atoms with Crippen LogP contribution in [-0.4, -0.2) is 0 Å². The third-order valence-corrected chi connectivity index (χ3v) is 4.76. The van der Waals surface area contributed by atoms with E-state index in [1.54, 1.807) is 0 Å². The van der Waals surface area contributed by atoms with E-state index in [0.29, 0.717) is 0 Å². The molecule has 2 heteroatoms. The number of halogens is 1. The molecule has 0 atom stereocenters. The number of hydrogen-bond donors (Lipinski definition) is 0. The minimum atomic E-state index is 0.728. The van der Waals surface area contributed by atoms with E-state index in [0.717, 1.165) is 43.5 Å². The van der Waals surface area contributed by atoms with Crippen molar-refractivity contribution in [3.8, 4) is 11.1 Å². The standard InChI is InChI=1S/C22H13ClO/c23-16-7-3-6-15(13-16)18-9-4-10-19-20-12-11-14-5-1-2-8-17(14)21(20)24-22(18)19/h1-13H. The third-order valence-electron chi connectivity index (χ3n) is 4.52. The fourth-order valence-corrected chi connectivity index (χ4v) is 3.60. The number of hydrogen-bond acceptors (Lipinski definition) is 1. The molecule has 0 aliphatic carbocycles. The van der Waals surface area contributed by atoms with E-state index >= 15 is 0 Å². The quantitative estimate of drug-likeness (QED) is 0.321. The highest BCUT2D eigenvalue weighted by atomic mass is 35.5. The van der Waals surface area contributed by atoms with Crippen molar-refractivity contribution in [2.45, 2.75) is 0 Å². The van der Waals surface area contributed by atoms with Gasteiger partial charge in [-0.05, 0) is 29.1 Å². The van der Waals surface area contributed by atoms with E-state index in [1.165, 1.54) is 5.39 Å². The predicted octanol–water partition coefficient (Wildman–Crippen LogP) is 7.06. The average molecular weight is 329 g/mol. The van der Waals surface area contributed by atoms with Crippen LogP contribution in [0.3, 0.4) is 0 Å². The van der Waals surface area contributed by atoms with Gasteiger partial charge in [0.15, 0.2) is 0 Å². The number of fused-ring (bicyclic) bond motifs is 5. The van der Waals surface area contributed by atoms with Gasteiger partial charge in [-0.15, -0.1) is 0 Å². The van der Waals surface area contributed by atoms with Gasteiger partial charge in [-0.3, -0.25) is 0 Å². The Morgan fingerprint density at radius 3 is 2.33 bits per heavy atom. The molecule has 0 unspecified atom stereocenters. The molecule has 0 bridgehead atoms. The average Bonchev–Trinajstić information content (AvgIpc) is 3.01. The molecule has 5 aromatic rings. The van der Waals surface area contributed by atoms with Gasteiger partial charge < -0.3 is 4.42 Å². The van der Waals surface area contributed by atoms with E-state index in [-0.39, 0.29) is 0 Å². The summed E-state index contributed by atoms with van der Waals surface area (Å²) in [6, 6.07) is 26.8. The first-order valence-electron chi connectivity index (χ1n) is 7.90. The monoisotopic (exact) mass is 328 g/mol. The highest BCUT2D eigenvalue weighted by Gasteiger charge is 2.14. The van der Waals surface area contributed by atoms with Crippen LogP contribution >= 0.6 is 11.6 Å². The summed E-state index contributed by atoms with van der Waals surface area (Å²) in [4.78, 5) is 0. The van der Waals surface area contributed by atoms with Gasteiger partial charge in [0.05, 0.1) is 0 Å². The van der Waals surface area contributed by atoms with Crippen LogP contribution in [-0.2, 0) is 0 Å². The maximum absolute atomic E-state index is 6.35. The number of furan rings is 1. The Balaban J connectivity index is 1.92. The first-order chi connectivity index (χ1) is 11.8. The van der Waals surface area contributed by atoms with Crippen LogP contribution < -0.4 is 0 Å². The van der Waals surface area contributed by atoms with Crippen molar-refractivity contribution < 1.29 is 4.42 Å². The lowest BCUT2D eigenvalue weighted by Crippen LogP contribution is -1.78. The van der Waals surface area contributed by atoms with Crippen LogP contribution in [0.15, 0.2) is 83.3 Å². The molecule has 114 valence electrons. The summed E-state index contributed by atoms with van der Waals surface area (Å²) in [5.74, 6) is 0. The van der Waals surface area contributed by atoms with Crippen molar-refractivity contribution >= 4 is 44.3 Å². The normalized spacial score (nSPS) is 11.5. The first-order valence-corrected chi connectivity index (χ1v) is 8.28. The van der Waals surface area contributed by atoms with Crippen LogP contribution in [0.2, 0.25) is 5.02 Å². The molecular weight excluding hydrogens is 316 g/mol. The second-order valence-electron chi connectivity index (χ2n) is 5.96. The molecule has 0 amide bonds. The highest BCUT2D eigenvalue weighted by Crippen LogP contribution is 2.38. The van der Waals surface area contributed by atoms with Crippen molar-refractivity contribution in [3.63, 3.8) is 0 Å². The zero-order valence-electron chi connectivity index (χ0n) is 12.8. The van der Waals surface area contributed by atoms with Gasteiger partial charge in [0.2, 0.25) is 0 Å². The van der Waals surface area contributed by atoms with E-state index in [2.05, 4.69) is 48.5 Å². The van der Waals surface area contributed by atoms with Crippen LogP contribution in [0.1, 0.15) is 0 Å². The van der Waals surface area contributed by atoms with Crippen LogP contribution in [0.4, 0.5) is 0 Å². The second kappa shape index (κ2) is 5.12. The maximum atomic E-state index is 6.35. The lowest BCUT2D eigenvalue weighted by atomic mass is 10.0. The lowest BCUT2D eigenvalue weighted by molar-refractivity contribution is 0.674. The van der Waals surface area contributed by atoms with Crippen molar-refractivity contribution in [3.05, 3.63) is 83.9 Å². The molecule has 0 radical (unpaired) electrons. The summed E-state index contributed by atoms with van der Waals surface area (Å²) in [5, 5.41) is 5.34. The summed E-state index contributed by atoms with van der Waals surface area (Å²) >= 11 is 6.17. The van der Waals surface area contributed by atoms with Gasteiger partial charge in [-0.2, -0.15) is 0 Å². The molecule has 0 saturated heterocycles. The molecule has 5 rings (SSSR count). The predicted molar refractivity (Wildman–Crippen MR) is 102 cm³/mol. The van der Waals surface area contributed by atoms with Crippen molar-refractivity contribution in [2.24, 2.45) is 0 Å². The first kappa shape index (κ1) is 13.6. The summed E-state index contributed by atoms with van der Waals surface area (Å²) in [5.41, 5.74) is 3.98. The fraction of sp³-hybridized carbons (Fsp3) is 0. The Morgan fingerprint density at radius 2 is 1.42 bits per heavy atom. The number of para-hydroxylation sites is 1.